The molecule has 0 radical (unpaired) electrons. The second kappa shape index (κ2) is 6.86. The van der Waals surface area contributed by atoms with Crippen molar-refractivity contribution in [3.05, 3.63) is 0 Å². The van der Waals surface area contributed by atoms with E-state index in [0.29, 0.717) is 18.8 Å². The maximum atomic E-state index is 11.7. The summed E-state index contributed by atoms with van der Waals surface area (Å²) in [6.07, 6.45) is 3.19. The highest BCUT2D eigenvalue weighted by Crippen LogP contribution is 2.31. The van der Waals surface area contributed by atoms with E-state index in [0.717, 1.165) is 12.8 Å². The molecule has 1 atom stereocenters. The van der Waals surface area contributed by atoms with Crippen LogP contribution in [0.2, 0.25) is 0 Å². The Morgan fingerprint density at radius 2 is 2.05 bits per heavy atom. The fraction of sp³-hybridized carbons (Fsp3) is 0.846. The van der Waals surface area contributed by atoms with Crippen LogP contribution in [0.15, 0.2) is 0 Å². The van der Waals surface area contributed by atoms with Crippen LogP contribution in [-0.2, 0) is 14.3 Å². The number of rotatable bonds is 5. The van der Waals surface area contributed by atoms with Crippen molar-refractivity contribution in [3.63, 3.8) is 0 Å². The molecule has 0 aromatic rings. The van der Waals surface area contributed by atoms with Gasteiger partial charge in [-0.15, -0.1) is 0 Å². The molecule has 110 valence electrons. The second-order valence-electron chi connectivity index (χ2n) is 5.35. The molecule has 0 heterocycles. The van der Waals surface area contributed by atoms with Gasteiger partial charge >= 0.3 is 5.97 Å². The molecule has 1 fully saturated rings. The molecule has 0 saturated heterocycles. The van der Waals surface area contributed by atoms with Crippen LogP contribution in [0.3, 0.4) is 0 Å². The van der Waals surface area contributed by atoms with E-state index in [1.807, 2.05) is 0 Å². The highest BCUT2D eigenvalue weighted by molar-refractivity contribution is 6.01. The van der Waals surface area contributed by atoms with Crippen molar-refractivity contribution in [2.45, 2.75) is 51.2 Å². The SMILES string of the molecule is CCOC(=O)C(N)C(=O)NCC1(O)CCC(C)CC1. The van der Waals surface area contributed by atoms with Gasteiger partial charge in [-0.2, -0.15) is 0 Å². The van der Waals surface area contributed by atoms with Gasteiger partial charge in [0, 0.05) is 6.54 Å². The predicted octanol–water partition coefficient (Wildman–Crippen LogP) is -0.0658. The first kappa shape index (κ1) is 15.9. The van der Waals surface area contributed by atoms with E-state index in [9.17, 15) is 14.7 Å². The van der Waals surface area contributed by atoms with E-state index in [-0.39, 0.29) is 13.2 Å². The topological polar surface area (TPSA) is 102 Å². The summed E-state index contributed by atoms with van der Waals surface area (Å²) in [4.78, 5) is 22.9. The third kappa shape index (κ3) is 4.80. The Balaban J connectivity index is 2.39. The molecule has 0 aromatic heterocycles. The summed E-state index contributed by atoms with van der Waals surface area (Å²) >= 11 is 0. The average molecular weight is 272 g/mol. The summed E-state index contributed by atoms with van der Waals surface area (Å²) < 4.78 is 4.67. The summed E-state index contributed by atoms with van der Waals surface area (Å²) in [7, 11) is 0. The fourth-order valence-corrected chi connectivity index (χ4v) is 2.18. The van der Waals surface area contributed by atoms with E-state index in [4.69, 9.17) is 5.73 Å². The maximum absolute atomic E-state index is 11.7. The molecule has 6 heteroatoms. The van der Waals surface area contributed by atoms with E-state index in [2.05, 4.69) is 17.0 Å². The third-order valence-electron chi connectivity index (χ3n) is 3.62. The van der Waals surface area contributed by atoms with E-state index in [1.165, 1.54) is 0 Å². The molecule has 1 amide bonds. The molecule has 0 spiro atoms. The van der Waals surface area contributed by atoms with E-state index in [1.54, 1.807) is 6.92 Å². The van der Waals surface area contributed by atoms with Crippen LogP contribution in [0.5, 0.6) is 0 Å². The van der Waals surface area contributed by atoms with Gasteiger partial charge in [-0.25, -0.2) is 4.79 Å². The number of carbonyl (C=O) groups is 2. The van der Waals surface area contributed by atoms with Gasteiger partial charge in [-0.1, -0.05) is 6.92 Å². The number of hydrogen-bond acceptors (Lipinski definition) is 5. The fourth-order valence-electron chi connectivity index (χ4n) is 2.18. The number of aliphatic hydroxyl groups is 1. The number of carbonyl (C=O) groups excluding carboxylic acids is 2. The molecule has 1 aliphatic rings. The number of nitrogens with two attached hydrogens (primary N) is 1. The van der Waals surface area contributed by atoms with Crippen LogP contribution >= 0.6 is 0 Å². The minimum absolute atomic E-state index is 0.131. The Kier molecular flexibility index (Phi) is 5.75. The van der Waals surface area contributed by atoms with Crippen molar-refractivity contribution in [2.24, 2.45) is 11.7 Å². The lowest BCUT2D eigenvalue weighted by Crippen LogP contribution is -2.52. The molecule has 6 nitrogen and oxygen atoms in total. The van der Waals surface area contributed by atoms with Gasteiger partial charge in [0.15, 0.2) is 6.04 Å². The minimum atomic E-state index is -1.33. The Morgan fingerprint density at radius 3 is 2.58 bits per heavy atom. The lowest BCUT2D eigenvalue weighted by Gasteiger charge is -2.35. The molecular weight excluding hydrogens is 248 g/mol. The second-order valence-corrected chi connectivity index (χ2v) is 5.35. The first-order valence-corrected chi connectivity index (χ1v) is 6.80. The smallest absolute Gasteiger partial charge is 0.332 e. The van der Waals surface area contributed by atoms with Crippen molar-refractivity contribution in [2.75, 3.05) is 13.2 Å². The highest BCUT2D eigenvalue weighted by atomic mass is 16.5. The van der Waals surface area contributed by atoms with Crippen LogP contribution < -0.4 is 11.1 Å². The van der Waals surface area contributed by atoms with Gasteiger partial charge < -0.3 is 20.9 Å². The van der Waals surface area contributed by atoms with Gasteiger partial charge in [0.1, 0.15) is 0 Å². The first-order chi connectivity index (χ1) is 8.88. The average Bonchev–Trinajstić information content (AvgIpc) is 2.39. The van der Waals surface area contributed by atoms with E-state index >= 15 is 0 Å². The molecule has 0 bridgehead atoms. The van der Waals surface area contributed by atoms with Gasteiger partial charge in [0.25, 0.3) is 0 Å². The molecule has 0 aromatic carbocycles. The number of nitrogens with one attached hydrogen (secondary N) is 1. The largest absolute Gasteiger partial charge is 0.464 e. The Labute approximate surface area is 113 Å². The Morgan fingerprint density at radius 1 is 1.47 bits per heavy atom. The zero-order chi connectivity index (χ0) is 14.5. The number of ether oxygens (including phenoxy) is 1. The van der Waals surface area contributed by atoms with Gasteiger partial charge in [0.05, 0.1) is 12.2 Å². The standard InChI is InChI=1S/C13H24N2O4/c1-3-19-12(17)10(14)11(16)15-8-13(18)6-4-9(2)5-7-13/h9-10,18H,3-8,14H2,1-2H3,(H,15,16). The number of esters is 1. The molecule has 1 rings (SSSR count). The molecule has 19 heavy (non-hydrogen) atoms. The normalized spacial score (nSPS) is 28.5. The van der Waals surface area contributed by atoms with Crippen LogP contribution in [0.4, 0.5) is 0 Å². The van der Waals surface area contributed by atoms with Crippen LogP contribution in [-0.4, -0.2) is 41.8 Å². The molecule has 4 N–H and O–H groups in total. The summed E-state index contributed by atoms with van der Waals surface area (Å²) in [5.74, 6) is -0.743. The molecule has 1 aliphatic carbocycles. The summed E-state index contributed by atoms with van der Waals surface area (Å²) in [5.41, 5.74) is 4.58. The van der Waals surface area contributed by atoms with Crippen LogP contribution in [0.1, 0.15) is 39.5 Å². The maximum Gasteiger partial charge on any atom is 0.332 e. The molecule has 1 saturated carbocycles. The monoisotopic (exact) mass is 272 g/mol. The van der Waals surface area contributed by atoms with Gasteiger partial charge in [-0.3, -0.25) is 4.79 Å². The Hall–Kier alpha value is -1.14. The molecule has 0 aliphatic heterocycles. The molecule has 1 unspecified atom stereocenters. The third-order valence-corrected chi connectivity index (χ3v) is 3.62. The summed E-state index contributed by atoms with van der Waals surface area (Å²) in [6, 6.07) is -1.33. The minimum Gasteiger partial charge on any atom is -0.464 e. The zero-order valence-electron chi connectivity index (χ0n) is 11.6. The zero-order valence-corrected chi connectivity index (χ0v) is 11.6. The van der Waals surface area contributed by atoms with Crippen molar-refractivity contribution < 1.29 is 19.4 Å². The quantitative estimate of drug-likeness (QED) is 0.480. The summed E-state index contributed by atoms with van der Waals surface area (Å²) in [6.45, 7) is 4.11. The van der Waals surface area contributed by atoms with Crippen molar-refractivity contribution in [1.82, 2.24) is 5.32 Å². The van der Waals surface area contributed by atoms with Crippen molar-refractivity contribution >= 4 is 11.9 Å². The lowest BCUT2D eigenvalue weighted by molar-refractivity contribution is -0.148. The predicted molar refractivity (Wildman–Crippen MR) is 70.2 cm³/mol. The van der Waals surface area contributed by atoms with Crippen LogP contribution in [0, 0.1) is 5.92 Å². The van der Waals surface area contributed by atoms with Crippen LogP contribution in [0.25, 0.3) is 0 Å². The Bertz CT molecular complexity index is 325. The number of amides is 1. The number of hydrogen-bond donors (Lipinski definition) is 3. The van der Waals surface area contributed by atoms with Crippen molar-refractivity contribution in [3.8, 4) is 0 Å². The summed E-state index contributed by atoms with van der Waals surface area (Å²) in [5, 5.41) is 12.8. The molecular formula is C13H24N2O4. The highest BCUT2D eigenvalue weighted by Gasteiger charge is 2.33. The van der Waals surface area contributed by atoms with Gasteiger partial charge in [0.2, 0.25) is 5.91 Å². The van der Waals surface area contributed by atoms with Crippen molar-refractivity contribution in [1.29, 1.82) is 0 Å². The van der Waals surface area contributed by atoms with E-state index < -0.39 is 23.5 Å². The van der Waals surface area contributed by atoms with Gasteiger partial charge in [-0.05, 0) is 38.5 Å². The first-order valence-electron chi connectivity index (χ1n) is 6.80. The lowest BCUT2D eigenvalue weighted by atomic mass is 9.79.